The van der Waals surface area contributed by atoms with E-state index in [4.69, 9.17) is 11.6 Å². The van der Waals surface area contributed by atoms with Gasteiger partial charge < -0.3 is 14.7 Å². The molecule has 1 aliphatic rings. The Morgan fingerprint density at radius 2 is 1.94 bits per heavy atom. The third-order valence-corrected chi connectivity index (χ3v) is 8.42. The Kier molecular flexibility index (Phi) is 8.58. The van der Waals surface area contributed by atoms with Gasteiger partial charge in [0.15, 0.2) is 0 Å². The van der Waals surface area contributed by atoms with Gasteiger partial charge in [-0.1, -0.05) is 18.5 Å². The molecule has 2 aromatic rings. The molecule has 0 saturated heterocycles. The van der Waals surface area contributed by atoms with Crippen LogP contribution in [0.3, 0.4) is 0 Å². The first kappa shape index (κ1) is 27.1. The number of benzene rings is 1. The maximum Gasteiger partial charge on any atom is 0.275 e. The van der Waals surface area contributed by atoms with Crippen molar-refractivity contribution >= 4 is 50.5 Å². The molecular weight excluding hydrogens is 515 g/mol. The van der Waals surface area contributed by atoms with Gasteiger partial charge in [-0.15, -0.1) is 11.3 Å². The number of nitrogens with zero attached hydrogens (tertiary/aromatic N) is 3. The number of halogens is 2. The molecule has 0 aliphatic carbocycles. The third kappa shape index (κ3) is 6.81. The minimum Gasteiger partial charge on any atom is -0.340 e. The number of carbonyl (C=O) groups is 2. The zero-order chi connectivity index (χ0) is 25.9. The molecule has 0 saturated carbocycles. The second-order valence-corrected chi connectivity index (χ2v) is 12.2. The van der Waals surface area contributed by atoms with Crippen LogP contribution < -0.4 is 9.62 Å². The second kappa shape index (κ2) is 11.1. The lowest BCUT2D eigenvalue weighted by atomic mass is 10.1. The molecule has 2 heterocycles. The fourth-order valence-electron chi connectivity index (χ4n) is 3.54. The van der Waals surface area contributed by atoms with E-state index in [2.05, 4.69) is 4.72 Å². The SMILES string of the molecule is CC(CS(=O)(=O)NC1=CCN(c2ccc(C(=O)N(C)CCN(C)C)cc2F)C1=O)c1ccc(Cl)s1. The molecule has 1 N–H and O–H groups in total. The van der Waals surface area contributed by atoms with Crippen LogP contribution >= 0.6 is 22.9 Å². The Hall–Kier alpha value is -2.47. The maximum absolute atomic E-state index is 14.9. The molecule has 0 bridgehead atoms. The lowest BCUT2D eigenvalue weighted by molar-refractivity contribution is -0.114. The summed E-state index contributed by atoms with van der Waals surface area (Å²) in [5.74, 6) is -2.30. The van der Waals surface area contributed by atoms with Gasteiger partial charge in [0.05, 0.1) is 15.8 Å². The summed E-state index contributed by atoms with van der Waals surface area (Å²) >= 11 is 7.23. The van der Waals surface area contributed by atoms with Gasteiger partial charge in [0.2, 0.25) is 10.0 Å². The van der Waals surface area contributed by atoms with Crippen molar-refractivity contribution in [3.63, 3.8) is 0 Å². The van der Waals surface area contributed by atoms with Gasteiger partial charge >= 0.3 is 0 Å². The van der Waals surface area contributed by atoms with Gasteiger partial charge in [-0.2, -0.15) is 0 Å². The zero-order valence-corrected chi connectivity index (χ0v) is 22.3. The first-order valence-electron chi connectivity index (χ1n) is 10.9. The van der Waals surface area contributed by atoms with E-state index in [0.29, 0.717) is 17.4 Å². The van der Waals surface area contributed by atoms with E-state index in [9.17, 15) is 22.4 Å². The number of amides is 2. The molecule has 35 heavy (non-hydrogen) atoms. The van der Waals surface area contributed by atoms with Gasteiger partial charge in [0.25, 0.3) is 11.8 Å². The zero-order valence-electron chi connectivity index (χ0n) is 19.9. The van der Waals surface area contributed by atoms with Crippen LogP contribution in [0.15, 0.2) is 42.1 Å². The standard InChI is InChI=1S/C23H28ClFN4O4S2/c1-15(20-7-8-21(24)34-20)14-35(32,33)26-18-9-10-29(23(18)31)19-6-5-16(13-17(19)25)22(30)28(4)12-11-27(2)3/h5-9,13,15,26H,10-12,14H2,1-4H3. The Morgan fingerprint density at radius 1 is 1.23 bits per heavy atom. The summed E-state index contributed by atoms with van der Waals surface area (Å²) in [4.78, 5) is 30.8. The smallest absolute Gasteiger partial charge is 0.275 e. The summed E-state index contributed by atoms with van der Waals surface area (Å²) < 4.78 is 43.1. The van der Waals surface area contributed by atoms with E-state index < -0.39 is 21.7 Å². The summed E-state index contributed by atoms with van der Waals surface area (Å²) in [5.41, 5.74) is -0.00497. The predicted octanol–water partition coefficient (Wildman–Crippen LogP) is 3.13. The predicted molar refractivity (Wildman–Crippen MR) is 137 cm³/mol. The molecular formula is C23H28ClFN4O4S2. The highest BCUT2D eigenvalue weighted by molar-refractivity contribution is 7.89. The molecule has 8 nitrogen and oxygen atoms in total. The van der Waals surface area contributed by atoms with Crippen LogP contribution in [0.5, 0.6) is 0 Å². The molecule has 1 aromatic heterocycles. The Labute approximate surface area is 214 Å². The number of hydrogen-bond acceptors (Lipinski definition) is 6. The van der Waals surface area contributed by atoms with Gasteiger partial charge in [0.1, 0.15) is 11.5 Å². The van der Waals surface area contributed by atoms with Crippen molar-refractivity contribution in [3.8, 4) is 0 Å². The van der Waals surface area contributed by atoms with E-state index in [0.717, 1.165) is 15.8 Å². The van der Waals surface area contributed by atoms with Crippen LogP contribution in [0.4, 0.5) is 10.1 Å². The summed E-state index contributed by atoms with van der Waals surface area (Å²) in [5, 5.41) is 0. The largest absolute Gasteiger partial charge is 0.340 e. The third-order valence-electron chi connectivity index (χ3n) is 5.48. The molecule has 0 fully saturated rings. The quantitative estimate of drug-likeness (QED) is 0.498. The van der Waals surface area contributed by atoms with Crippen molar-refractivity contribution in [2.45, 2.75) is 12.8 Å². The molecule has 1 unspecified atom stereocenters. The van der Waals surface area contributed by atoms with Crippen molar-refractivity contribution in [1.29, 1.82) is 0 Å². The monoisotopic (exact) mass is 542 g/mol. The van der Waals surface area contributed by atoms with Gasteiger partial charge in [0, 0.05) is 43.0 Å². The van der Waals surface area contributed by atoms with E-state index in [1.54, 1.807) is 26.1 Å². The molecule has 0 spiro atoms. The van der Waals surface area contributed by atoms with E-state index in [-0.39, 0.29) is 41.1 Å². The van der Waals surface area contributed by atoms with Crippen molar-refractivity contribution in [2.75, 3.05) is 51.4 Å². The number of sulfonamides is 1. The number of carbonyl (C=O) groups excluding carboxylic acids is 2. The van der Waals surface area contributed by atoms with Gasteiger partial charge in [-0.05, 0) is 50.5 Å². The molecule has 3 rings (SSSR count). The van der Waals surface area contributed by atoms with Gasteiger partial charge in [-0.3, -0.25) is 14.3 Å². The number of nitrogens with one attached hydrogen (secondary N) is 1. The van der Waals surface area contributed by atoms with Crippen molar-refractivity contribution < 1.29 is 22.4 Å². The summed E-state index contributed by atoms with van der Waals surface area (Å²) in [6, 6.07) is 7.37. The average molecular weight is 543 g/mol. The van der Waals surface area contributed by atoms with E-state index in [1.807, 2.05) is 19.0 Å². The molecule has 190 valence electrons. The van der Waals surface area contributed by atoms with Crippen LogP contribution in [0.1, 0.15) is 28.1 Å². The minimum absolute atomic E-state index is 0.000274. The molecule has 2 amide bonds. The molecule has 1 aromatic carbocycles. The average Bonchev–Trinajstić information content (AvgIpc) is 3.37. The highest BCUT2D eigenvalue weighted by atomic mass is 35.5. The summed E-state index contributed by atoms with van der Waals surface area (Å²) in [7, 11) is 1.58. The topological polar surface area (TPSA) is 90.0 Å². The van der Waals surface area contributed by atoms with E-state index in [1.165, 1.54) is 34.4 Å². The summed E-state index contributed by atoms with van der Waals surface area (Å²) in [6.45, 7) is 2.90. The number of likely N-dealkylation sites (N-methyl/N-ethyl adjacent to an activating group) is 2. The Morgan fingerprint density at radius 3 is 2.54 bits per heavy atom. The minimum atomic E-state index is -3.84. The normalized spacial score (nSPS) is 14.9. The molecule has 1 aliphatic heterocycles. The van der Waals surface area contributed by atoms with Crippen molar-refractivity contribution in [2.24, 2.45) is 0 Å². The van der Waals surface area contributed by atoms with Crippen LogP contribution in [0.25, 0.3) is 0 Å². The van der Waals surface area contributed by atoms with Crippen LogP contribution in [0.2, 0.25) is 4.34 Å². The maximum atomic E-state index is 14.9. The molecule has 1 atom stereocenters. The first-order valence-corrected chi connectivity index (χ1v) is 13.7. The number of anilines is 1. The van der Waals surface area contributed by atoms with Crippen molar-refractivity contribution in [3.05, 3.63) is 62.7 Å². The van der Waals surface area contributed by atoms with Gasteiger partial charge in [-0.25, -0.2) is 12.8 Å². The number of thiophene rings is 1. The fraction of sp³-hybridized carbons (Fsp3) is 0.391. The highest BCUT2D eigenvalue weighted by Gasteiger charge is 2.31. The molecule has 0 radical (unpaired) electrons. The lowest BCUT2D eigenvalue weighted by Gasteiger charge is -2.21. The highest BCUT2D eigenvalue weighted by Crippen LogP contribution is 2.29. The number of rotatable bonds is 10. The summed E-state index contributed by atoms with van der Waals surface area (Å²) in [6.07, 6.45) is 1.40. The lowest BCUT2D eigenvalue weighted by Crippen LogP contribution is -2.35. The second-order valence-electron chi connectivity index (χ2n) is 8.66. The Bertz CT molecular complexity index is 1250. The molecule has 12 heteroatoms. The fourth-order valence-corrected chi connectivity index (χ4v) is 6.18. The first-order chi connectivity index (χ1) is 16.4. The van der Waals surface area contributed by atoms with Crippen molar-refractivity contribution in [1.82, 2.24) is 14.5 Å². The van der Waals surface area contributed by atoms with Crippen LogP contribution in [0, 0.1) is 5.82 Å². The van der Waals surface area contributed by atoms with E-state index >= 15 is 0 Å². The van der Waals surface area contributed by atoms with Crippen LogP contribution in [-0.2, 0) is 14.8 Å². The number of hydrogen-bond donors (Lipinski definition) is 1. The van der Waals surface area contributed by atoms with Crippen LogP contribution in [-0.4, -0.2) is 76.6 Å². The Balaban J connectivity index is 1.65.